The average Bonchev–Trinajstić information content (AvgIpc) is 2.61. The molecule has 0 aliphatic carbocycles. The van der Waals surface area contributed by atoms with Gasteiger partial charge in [-0.3, -0.25) is 0 Å². The van der Waals surface area contributed by atoms with Crippen molar-refractivity contribution in [3.63, 3.8) is 0 Å². The van der Waals surface area contributed by atoms with Crippen LogP contribution in [0.1, 0.15) is 32.8 Å². The summed E-state index contributed by atoms with van der Waals surface area (Å²) in [7, 11) is 1.64. The summed E-state index contributed by atoms with van der Waals surface area (Å²) in [5, 5.41) is 0. The highest BCUT2D eigenvalue weighted by atomic mass is 16.5. The van der Waals surface area contributed by atoms with Gasteiger partial charge in [0.2, 0.25) is 0 Å². The molecule has 4 heteroatoms. The fourth-order valence-corrected chi connectivity index (χ4v) is 2.13. The molecule has 0 saturated carbocycles. The standard InChI is InChI=1S/C20H28O4/c1-6-15(3)19(13-8-16(4)20(21)23-7-2)24-14-17-9-11-18(22-5)12-10-17/h6,8-12,15,19H,1,7,13-14H2,2-5H3/b16-8+/t15-,19+/m0/s1. The van der Waals surface area contributed by atoms with Crippen molar-refractivity contribution < 1.29 is 19.0 Å². The lowest BCUT2D eigenvalue weighted by Gasteiger charge is -2.21. The van der Waals surface area contributed by atoms with E-state index in [0.29, 0.717) is 25.2 Å². The number of rotatable bonds is 10. The van der Waals surface area contributed by atoms with Crippen molar-refractivity contribution in [3.8, 4) is 5.75 Å². The Hall–Kier alpha value is -2.07. The second-order valence-electron chi connectivity index (χ2n) is 5.64. The number of carbonyl (C=O) groups excluding carboxylic acids is 1. The Kier molecular flexibility index (Phi) is 8.87. The molecular formula is C20H28O4. The van der Waals surface area contributed by atoms with Crippen LogP contribution in [-0.4, -0.2) is 25.8 Å². The molecular weight excluding hydrogens is 304 g/mol. The highest BCUT2D eigenvalue weighted by Gasteiger charge is 2.15. The maximum Gasteiger partial charge on any atom is 0.333 e. The molecule has 0 spiro atoms. The molecule has 24 heavy (non-hydrogen) atoms. The van der Waals surface area contributed by atoms with Gasteiger partial charge in [-0.1, -0.05) is 31.2 Å². The summed E-state index contributed by atoms with van der Waals surface area (Å²) in [6, 6.07) is 7.78. The first-order valence-electron chi connectivity index (χ1n) is 8.22. The Bertz CT molecular complexity index is 545. The van der Waals surface area contributed by atoms with Crippen LogP contribution in [0.3, 0.4) is 0 Å². The van der Waals surface area contributed by atoms with Gasteiger partial charge in [0.05, 0.1) is 26.4 Å². The van der Waals surface area contributed by atoms with E-state index < -0.39 is 0 Å². The summed E-state index contributed by atoms with van der Waals surface area (Å²) in [5.41, 5.74) is 1.68. The van der Waals surface area contributed by atoms with Crippen molar-refractivity contribution in [2.45, 2.75) is 39.9 Å². The normalized spacial score (nSPS) is 13.9. The Morgan fingerprint density at radius 3 is 2.50 bits per heavy atom. The predicted octanol–water partition coefficient (Wildman–Crippen LogP) is 4.30. The SMILES string of the molecule is C=C[C@H](C)[C@@H](C/C=C(\C)C(=O)OCC)OCc1ccc(OC)cc1. The van der Waals surface area contributed by atoms with Crippen LogP contribution in [0.2, 0.25) is 0 Å². The molecule has 0 aromatic heterocycles. The van der Waals surface area contributed by atoms with Gasteiger partial charge >= 0.3 is 5.97 Å². The van der Waals surface area contributed by atoms with E-state index in [2.05, 4.69) is 13.5 Å². The largest absolute Gasteiger partial charge is 0.497 e. The Morgan fingerprint density at radius 1 is 1.29 bits per heavy atom. The van der Waals surface area contributed by atoms with Crippen LogP contribution in [0, 0.1) is 5.92 Å². The summed E-state index contributed by atoms with van der Waals surface area (Å²) < 4.78 is 16.2. The number of hydrogen-bond donors (Lipinski definition) is 0. The molecule has 1 aromatic carbocycles. The van der Waals surface area contributed by atoms with E-state index in [1.165, 1.54) is 0 Å². The van der Waals surface area contributed by atoms with Crippen molar-refractivity contribution in [3.05, 3.63) is 54.1 Å². The summed E-state index contributed by atoms with van der Waals surface area (Å²) in [5.74, 6) is 0.718. The molecule has 0 aliphatic heterocycles. The lowest BCUT2D eigenvalue weighted by Crippen LogP contribution is -2.20. The van der Waals surface area contributed by atoms with Gasteiger partial charge in [-0.15, -0.1) is 6.58 Å². The van der Waals surface area contributed by atoms with E-state index in [0.717, 1.165) is 11.3 Å². The van der Waals surface area contributed by atoms with Crippen LogP contribution >= 0.6 is 0 Å². The van der Waals surface area contributed by atoms with Gasteiger partial charge < -0.3 is 14.2 Å². The zero-order valence-corrected chi connectivity index (χ0v) is 15.1. The molecule has 0 saturated heterocycles. The van der Waals surface area contributed by atoms with E-state index in [4.69, 9.17) is 14.2 Å². The summed E-state index contributed by atoms with van der Waals surface area (Å²) >= 11 is 0. The molecule has 0 bridgehead atoms. The first kappa shape index (κ1) is 20.0. The third kappa shape index (κ3) is 6.59. The van der Waals surface area contributed by atoms with Crippen LogP contribution in [-0.2, 0) is 20.9 Å². The van der Waals surface area contributed by atoms with Crippen molar-refractivity contribution in [1.29, 1.82) is 0 Å². The quantitative estimate of drug-likeness (QED) is 0.364. The number of hydrogen-bond acceptors (Lipinski definition) is 4. The molecule has 0 aliphatic rings. The molecule has 0 unspecified atom stereocenters. The summed E-state index contributed by atoms with van der Waals surface area (Å²) in [6.45, 7) is 10.3. The third-order valence-electron chi connectivity index (χ3n) is 3.84. The van der Waals surface area contributed by atoms with Crippen LogP contribution in [0.15, 0.2) is 48.6 Å². The zero-order chi connectivity index (χ0) is 17.9. The van der Waals surface area contributed by atoms with E-state index in [1.807, 2.05) is 36.4 Å². The van der Waals surface area contributed by atoms with Gasteiger partial charge in [0.25, 0.3) is 0 Å². The Balaban J connectivity index is 2.66. The van der Waals surface area contributed by atoms with Gasteiger partial charge in [0.1, 0.15) is 5.75 Å². The van der Waals surface area contributed by atoms with E-state index in [-0.39, 0.29) is 18.0 Å². The van der Waals surface area contributed by atoms with Crippen molar-refractivity contribution >= 4 is 5.97 Å². The van der Waals surface area contributed by atoms with Gasteiger partial charge in [0, 0.05) is 11.5 Å². The first-order chi connectivity index (χ1) is 11.5. The minimum atomic E-state index is -0.280. The second-order valence-corrected chi connectivity index (χ2v) is 5.64. The van der Waals surface area contributed by atoms with Crippen molar-refractivity contribution in [1.82, 2.24) is 0 Å². The average molecular weight is 332 g/mol. The molecule has 1 aromatic rings. The molecule has 0 N–H and O–H groups in total. The number of carbonyl (C=O) groups is 1. The highest BCUT2D eigenvalue weighted by molar-refractivity contribution is 5.87. The number of ether oxygens (including phenoxy) is 3. The smallest absolute Gasteiger partial charge is 0.333 e. The maximum absolute atomic E-state index is 11.7. The zero-order valence-electron chi connectivity index (χ0n) is 15.1. The summed E-state index contributed by atoms with van der Waals surface area (Å²) in [4.78, 5) is 11.7. The second kappa shape index (κ2) is 10.7. The monoisotopic (exact) mass is 332 g/mol. The summed E-state index contributed by atoms with van der Waals surface area (Å²) in [6.07, 6.45) is 4.32. The third-order valence-corrected chi connectivity index (χ3v) is 3.84. The topological polar surface area (TPSA) is 44.8 Å². The fraction of sp³-hybridized carbons (Fsp3) is 0.450. The molecule has 132 valence electrons. The molecule has 1 rings (SSSR count). The maximum atomic E-state index is 11.7. The first-order valence-corrected chi connectivity index (χ1v) is 8.22. The molecule has 0 amide bonds. The van der Waals surface area contributed by atoms with E-state index in [9.17, 15) is 4.79 Å². The minimum Gasteiger partial charge on any atom is -0.497 e. The van der Waals surface area contributed by atoms with E-state index in [1.54, 1.807) is 21.0 Å². The number of esters is 1. The lowest BCUT2D eigenvalue weighted by molar-refractivity contribution is -0.138. The highest BCUT2D eigenvalue weighted by Crippen LogP contribution is 2.18. The van der Waals surface area contributed by atoms with Gasteiger partial charge in [-0.2, -0.15) is 0 Å². The van der Waals surface area contributed by atoms with Crippen LogP contribution in [0.5, 0.6) is 5.75 Å². The Morgan fingerprint density at radius 2 is 1.96 bits per heavy atom. The number of benzene rings is 1. The molecule has 4 nitrogen and oxygen atoms in total. The molecule has 2 atom stereocenters. The van der Waals surface area contributed by atoms with Crippen LogP contribution in [0.4, 0.5) is 0 Å². The van der Waals surface area contributed by atoms with Crippen LogP contribution < -0.4 is 4.74 Å². The molecule has 0 fully saturated rings. The minimum absolute atomic E-state index is 0.0472. The number of methoxy groups -OCH3 is 1. The van der Waals surface area contributed by atoms with Crippen molar-refractivity contribution in [2.24, 2.45) is 5.92 Å². The van der Waals surface area contributed by atoms with Gasteiger partial charge in [-0.25, -0.2) is 4.79 Å². The lowest BCUT2D eigenvalue weighted by atomic mass is 10.0. The van der Waals surface area contributed by atoms with Crippen LogP contribution in [0.25, 0.3) is 0 Å². The van der Waals surface area contributed by atoms with Gasteiger partial charge in [-0.05, 0) is 38.0 Å². The van der Waals surface area contributed by atoms with E-state index >= 15 is 0 Å². The predicted molar refractivity (Wildman–Crippen MR) is 95.9 cm³/mol. The van der Waals surface area contributed by atoms with Crippen molar-refractivity contribution in [2.75, 3.05) is 13.7 Å². The molecule has 0 heterocycles. The van der Waals surface area contributed by atoms with Gasteiger partial charge in [0.15, 0.2) is 0 Å². The molecule has 0 radical (unpaired) electrons. The Labute approximate surface area is 145 Å². The fourth-order valence-electron chi connectivity index (χ4n) is 2.13.